The molecule has 17 nitrogen and oxygen atoms in total. The second kappa shape index (κ2) is 17.0. The average molecular weight is 923 g/mol. The van der Waals surface area contributed by atoms with Crippen LogP contribution in [0.5, 0.6) is 0 Å². The van der Waals surface area contributed by atoms with Gasteiger partial charge in [0, 0.05) is 10.8 Å². The Hall–Kier alpha value is -2.26. The van der Waals surface area contributed by atoms with Crippen molar-refractivity contribution >= 4 is 11.8 Å². The summed E-state index contributed by atoms with van der Waals surface area (Å²) in [6.07, 6.45) is -9.54. The van der Waals surface area contributed by atoms with Gasteiger partial charge in [-0.1, -0.05) is 60.1 Å². The van der Waals surface area contributed by atoms with Crippen LogP contribution >= 0.6 is 0 Å². The maximum Gasteiger partial charge on any atom is 0.335 e. The smallest absolute Gasteiger partial charge is 0.335 e. The van der Waals surface area contributed by atoms with Crippen molar-refractivity contribution in [2.24, 2.45) is 50.2 Å². The third-order valence-corrected chi connectivity index (χ3v) is 19.0. The molecule has 8 rings (SSSR count). The molecule has 0 aromatic rings. The number of carboxylic acid groups (broad SMARTS) is 1. The molecule has 4 saturated carbocycles. The van der Waals surface area contributed by atoms with Gasteiger partial charge in [0.15, 0.2) is 24.4 Å². The third-order valence-electron chi connectivity index (χ3n) is 19.0. The van der Waals surface area contributed by atoms with Crippen molar-refractivity contribution in [2.45, 2.75) is 200 Å². The van der Waals surface area contributed by atoms with Crippen molar-refractivity contribution in [1.82, 2.24) is 0 Å². The number of Topliss-reactive ketones (excluding diaryl/α,β-unsaturated/α-hetero) is 1. The van der Waals surface area contributed by atoms with E-state index in [4.69, 9.17) is 28.4 Å². The van der Waals surface area contributed by atoms with Gasteiger partial charge in [0.2, 0.25) is 12.1 Å². The SMILES string of the molecule is CC1=C(O)C(=O)CC(OC2CC(C)(C)CC3C4=CCC5C6(C)CCC(OC7OC(C(=O)O)C(O)C(O)C7OC7OC(CO)C(O)C(O)C7O)C(C)(CO)C6CCC5(C)C4(C)CCC23C)O1. The highest BCUT2D eigenvalue weighted by atomic mass is 16.8. The lowest BCUT2D eigenvalue weighted by atomic mass is 9.33. The van der Waals surface area contributed by atoms with Crippen LogP contribution in [0.25, 0.3) is 0 Å². The number of aliphatic carboxylic acids is 1. The summed E-state index contributed by atoms with van der Waals surface area (Å²) in [5, 5.41) is 95.2. The molecule has 6 fully saturated rings. The normalized spacial score (nSPS) is 52.0. The van der Waals surface area contributed by atoms with E-state index in [-0.39, 0.29) is 81.3 Å². The molecular formula is C48H74O17. The summed E-state index contributed by atoms with van der Waals surface area (Å²) < 4.78 is 36.7. The minimum atomic E-state index is -1.99. The fourth-order valence-electron chi connectivity index (χ4n) is 14.9. The number of ether oxygens (including phenoxy) is 6. The lowest BCUT2D eigenvalue weighted by Gasteiger charge is -2.72. The van der Waals surface area contributed by atoms with Gasteiger partial charge in [0.25, 0.3) is 0 Å². The predicted molar refractivity (Wildman–Crippen MR) is 228 cm³/mol. The second-order valence-electron chi connectivity index (χ2n) is 23.0. The maximum absolute atomic E-state index is 12.6. The van der Waals surface area contributed by atoms with Gasteiger partial charge in [0.1, 0.15) is 48.5 Å². The monoisotopic (exact) mass is 922 g/mol. The number of aliphatic hydroxyl groups is 8. The molecule has 0 aromatic heterocycles. The van der Waals surface area contributed by atoms with Crippen LogP contribution in [0.2, 0.25) is 0 Å². The highest BCUT2D eigenvalue weighted by Crippen LogP contribution is 2.76. The first-order chi connectivity index (χ1) is 30.3. The molecule has 3 aliphatic heterocycles. The van der Waals surface area contributed by atoms with Gasteiger partial charge in [-0.2, -0.15) is 0 Å². The van der Waals surface area contributed by atoms with Gasteiger partial charge in [-0.3, -0.25) is 4.79 Å². The quantitative estimate of drug-likeness (QED) is 0.119. The second-order valence-corrected chi connectivity index (χ2v) is 23.0. The predicted octanol–water partition coefficient (Wildman–Crippen LogP) is 2.98. The molecule has 0 spiro atoms. The van der Waals surface area contributed by atoms with Crippen LogP contribution in [0.3, 0.4) is 0 Å². The van der Waals surface area contributed by atoms with E-state index in [1.165, 1.54) is 5.57 Å². The van der Waals surface area contributed by atoms with Crippen LogP contribution in [0.4, 0.5) is 0 Å². The molecule has 9 N–H and O–H groups in total. The van der Waals surface area contributed by atoms with E-state index in [1.807, 2.05) is 6.92 Å². The fraction of sp³-hybridized carbons (Fsp3) is 0.875. The Labute approximate surface area is 381 Å². The number of hydrogen-bond donors (Lipinski definition) is 9. The zero-order chi connectivity index (χ0) is 47.6. The molecule has 17 heteroatoms. The van der Waals surface area contributed by atoms with Gasteiger partial charge >= 0.3 is 5.97 Å². The van der Waals surface area contributed by atoms with Gasteiger partial charge in [-0.05, 0) is 104 Å². The molecule has 3 heterocycles. The molecule has 2 saturated heterocycles. The number of hydrogen-bond acceptors (Lipinski definition) is 16. The molecule has 8 aliphatic rings. The Kier molecular flexibility index (Phi) is 12.9. The summed E-state index contributed by atoms with van der Waals surface area (Å²) >= 11 is 0. The number of aliphatic hydroxyl groups excluding tert-OH is 8. The molecule has 65 heavy (non-hydrogen) atoms. The standard InChI is InChI=1S/C48H74O17/c1-22-32(52)25(51)17-31(60-22)62-30-19-43(2,3)18-24-23-9-10-28-45(5)13-12-29(46(6,21-50)27(45)11-14-48(28,8)47(23,7)16-15-44(24,30)4)63-42-39(36(56)35(55)38(64-42)40(58)59)65-41-37(57)34(54)33(53)26(20-49)61-41/h9,24,26-31,33-39,41-42,49-50,52-57H,10-21H2,1-8H3,(H,58,59). The minimum absolute atomic E-state index is 0.0302. The van der Waals surface area contributed by atoms with Crippen molar-refractivity contribution in [1.29, 1.82) is 0 Å². The number of carbonyl (C=O) groups is 2. The molecule has 0 amide bonds. The van der Waals surface area contributed by atoms with Gasteiger partial charge in [-0.15, -0.1) is 0 Å². The minimum Gasteiger partial charge on any atom is -0.502 e. The highest BCUT2D eigenvalue weighted by Gasteiger charge is 2.70. The molecule has 0 bridgehead atoms. The summed E-state index contributed by atoms with van der Waals surface area (Å²) in [5.74, 6) is -1.70. The Morgan fingerprint density at radius 2 is 1.48 bits per heavy atom. The van der Waals surface area contributed by atoms with Crippen molar-refractivity contribution < 1.29 is 84.0 Å². The molecule has 0 radical (unpaired) electrons. The van der Waals surface area contributed by atoms with Crippen LogP contribution in [0, 0.1) is 50.2 Å². The van der Waals surface area contributed by atoms with Crippen LogP contribution in [-0.2, 0) is 38.0 Å². The summed E-state index contributed by atoms with van der Waals surface area (Å²) in [7, 11) is 0. The van der Waals surface area contributed by atoms with Crippen LogP contribution in [0.15, 0.2) is 23.2 Å². The largest absolute Gasteiger partial charge is 0.502 e. The van der Waals surface area contributed by atoms with Gasteiger partial charge in [-0.25, -0.2) is 4.79 Å². The number of carbonyl (C=O) groups excluding carboxylic acids is 1. The van der Waals surface area contributed by atoms with Crippen molar-refractivity contribution in [3.63, 3.8) is 0 Å². The summed E-state index contributed by atoms with van der Waals surface area (Å²) in [6.45, 7) is 16.7. The van der Waals surface area contributed by atoms with Gasteiger partial charge in [0.05, 0.1) is 31.8 Å². The summed E-state index contributed by atoms with van der Waals surface area (Å²) in [5.41, 5.74) is -0.212. The highest BCUT2D eigenvalue weighted by molar-refractivity contribution is 5.94. The molecule has 0 aromatic carbocycles. The molecule has 21 unspecified atom stereocenters. The third kappa shape index (κ3) is 7.65. The van der Waals surface area contributed by atoms with Crippen LogP contribution in [-0.4, -0.2) is 151 Å². The van der Waals surface area contributed by atoms with E-state index in [0.717, 1.165) is 44.9 Å². The van der Waals surface area contributed by atoms with Crippen molar-refractivity contribution in [2.75, 3.05) is 13.2 Å². The first-order valence-electron chi connectivity index (χ1n) is 23.7. The summed E-state index contributed by atoms with van der Waals surface area (Å²) in [4.78, 5) is 24.9. The molecular weight excluding hydrogens is 849 g/mol. The van der Waals surface area contributed by atoms with E-state index in [1.54, 1.807) is 6.92 Å². The van der Waals surface area contributed by atoms with Gasteiger partial charge < -0.3 is 74.4 Å². The average Bonchev–Trinajstić information content (AvgIpc) is 3.24. The molecule has 5 aliphatic carbocycles. The first-order valence-corrected chi connectivity index (χ1v) is 23.7. The van der Waals surface area contributed by atoms with E-state index in [2.05, 4.69) is 47.6 Å². The number of carboxylic acids is 1. The van der Waals surface area contributed by atoms with Crippen LogP contribution in [0.1, 0.15) is 120 Å². The lowest BCUT2D eigenvalue weighted by Crippen LogP contribution is -2.68. The Bertz CT molecular complexity index is 1900. The van der Waals surface area contributed by atoms with Crippen molar-refractivity contribution in [3.05, 3.63) is 23.2 Å². The topological polar surface area (TPSA) is 272 Å². The fourth-order valence-corrected chi connectivity index (χ4v) is 14.9. The number of ketones is 1. The zero-order valence-corrected chi connectivity index (χ0v) is 39.1. The van der Waals surface area contributed by atoms with E-state index in [9.17, 15) is 55.5 Å². The van der Waals surface area contributed by atoms with Crippen molar-refractivity contribution in [3.8, 4) is 0 Å². The Morgan fingerprint density at radius 1 is 0.769 bits per heavy atom. The van der Waals surface area contributed by atoms with E-state index >= 15 is 0 Å². The maximum atomic E-state index is 12.6. The lowest BCUT2D eigenvalue weighted by molar-refractivity contribution is -0.375. The van der Waals surface area contributed by atoms with E-state index in [0.29, 0.717) is 12.8 Å². The zero-order valence-electron chi connectivity index (χ0n) is 39.1. The van der Waals surface area contributed by atoms with Crippen LogP contribution < -0.4 is 0 Å². The summed E-state index contributed by atoms with van der Waals surface area (Å²) in [6, 6.07) is 0. The Morgan fingerprint density at radius 3 is 2.12 bits per heavy atom. The number of allylic oxidation sites excluding steroid dienone is 4. The molecule has 21 atom stereocenters. The number of rotatable bonds is 9. The first kappa shape index (κ1) is 49.2. The number of fused-ring (bicyclic) bond motifs is 7. The van der Waals surface area contributed by atoms with E-state index < -0.39 is 91.8 Å². The Balaban J connectivity index is 1.06. The molecule has 368 valence electrons.